The van der Waals surface area contributed by atoms with E-state index in [-0.39, 0.29) is 0 Å². The second kappa shape index (κ2) is 8.02. The highest BCUT2D eigenvalue weighted by atomic mass is 32.1. The van der Waals surface area contributed by atoms with Gasteiger partial charge in [-0.15, -0.1) is 11.3 Å². The van der Waals surface area contributed by atoms with Gasteiger partial charge in [0, 0.05) is 32.6 Å². The fourth-order valence-electron chi connectivity index (χ4n) is 4.39. The maximum absolute atomic E-state index is 7.37. The van der Waals surface area contributed by atoms with Gasteiger partial charge in [0.1, 0.15) is 0 Å². The molecule has 0 radical (unpaired) electrons. The lowest BCUT2D eigenvalue weighted by Gasteiger charge is -2.06. The third-order valence-corrected chi connectivity index (χ3v) is 7.29. The number of rotatable bonds is 3. The van der Waals surface area contributed by atoms with Crippen molar-refractivity contribution in [1.29, 1.82) is 0 Å². The standard InChI is InChI=1S/C30H18N2S/c1-31-24-8-2-6-22(18-24)26-10-4-12-28-27-11-3-9-25(29(27)33-30(26)28)21-15-13-20(14-16-21)23-7-5-17-32-19-23/h2-19H. The van der Waals surface area contributed by atoms with Crippen LogP contribution in [0.15, 0.2) is 109 Å². The Labute approximate surface area is 196 Å². The van der Waals surface area contributed by atoms with E-state index in [0.717, 1.165) is 16.7 Å². The molecule has 6 rings (SSSR count). The van der Waals surface area contributed by atoms with E-state index in [9.17, 15) is 0 Å². The smallest absolute Gasteiger partial charge is 0.187 e. The molecule has 3 heteroatoms. The predicted octanol–water partition coefficient (Wildman–Crippen LogP) is 9.00. The van der Waals surface area contributed by atoms with E-state index >= 15 is 0 Å². The molecule has 0 aliphatic carbocycles. The number of fused-ring (bicyclic) bond motifs is 3. The highest BCUT2D eigenvalue weighted by Crippen LogP contribution is 2.44. The molecule has 6 aromatic rings. The van der Waals surface area contributed by atoms with Crippen LogP contribution in [0.3, 0.4) is 0 Å². The molecule has 154 valence electrons. The third kappa shape index (κ3) is 3.38. The summed E-state index contributed by atoms with van der Waals surface area (Å²) in [7, 11) is 0. The average Bonchev–Trinajstić information content (AvgIpc) is 3.28. The van der Waals surface area contributed by atoms with Gasteiger partial charge in [-0.05, 0) is 45.5 Å². The molecule has 0 fully saturated rings. The van der Waals surface area contributed by atoms with Crippen molar-refractivity contribution in [3.05, 3.63) is 121 Å². The van der Waals surface area contributed by atoms with Crippen molar-refractivity contribution >= 4 is 37.2 Å². The van der Waals surface area contributed by atoms with E-state index in [1.54, 1.807) is 6.20 Å². The summed E-state index contributed by atoms with van der Waals surface area (Å²) in [5.74, 6) is 0. The Kier molecular flexibility index (Phi) is 4.72. The second-order valence-corrected chi connectivity index (χ2v) is 8.97. The number of thiophene rings is 1. The Hall–Kier alpha value is -4.26. The van der Waals surface area contributed by atoms with Crippen molar-refractivity contribution in [3.8, 4) is 33.4 Å². The maximum Gasteiger partial charge on any atom is 0.187 e. The molecule has 0 aliphatic rings. The molecule has 2 nitrogen and oxygen atoms in total. The summed E-state index contributed by atoms with van der Waals surface area (Å²) in [5, 5.41) is 2.53. The Morgan fingerprint density at radius 3 is 1.91 bits per heavy atom. The second-order valence-electron chi connectivity index (χ2n) is 7.95. The Morgan fingerprint density at radius 2 is 1.24 bits per heavy atom. The van der Waals surface area contributed by atoms with Crippen LogP contribution in [0.5, 0.6) is 0 Å². The first-order valence-electron chi connectivity index (χ1n) is 10.7. The molecule has 0 saturated carbocycles. The Bertz CT molecular complexity index is 1660. The first kappa shape index (κ1) is 19.4. The normalized spacial score (nSPS) is 11.0. The molecular weight excluding hydrogens is 420 g/mol. The van der Waals surface area contributed by atoms with E-state index in [4.69, 9.17) is 6.57 Å². The van der Waals surface area contributed by atoms with Crippen LogP contribution in [0.25, 0.3) is 58.4 Å². The van der Waals surface area contributed by atoms with Crippen LogP contribution in [-0.2, 0) is 0 Å². The summed E-state index contributed by atoms with van der Waals surface area (Å²) in [6, 6.07) is 33.7. The van der Waals surface area contributed by atoms with Crippen LogP contribution in [-0.4, -0.2) is 4.98 Å². The van der Waals surface area contributed by atoms with E-state index in [1.165, 1.54) is 36.9 Å². The zero-order chi connectivity index (χ0) is 22.2. The monoisotopic (exact) mass is 438 g/mol. The van der Waals surface area contributed by atoms with Crippen molar-refractivity contribution in [2.75, 3.05) is 0 Å². The van der Waals surface area contributed by atoms with Gasteiger partial charge in [0.2, 0.25) is 0 Å². The van der Waals surface area contributed by atoms with E-state index < -0.39 is 0 Å². The minimum atomic E-state index is 0.667. The average molecular weight is 439 g/mol. The SMILES string of the molecule is [C-]#[N+]c1cccc(-c2cccc3c2sc2c(-c4ccc(-c5cccnc5)cc4)cccc23)c1. The molecule has 33 heavy (non-hydrogen) atoms. The molecular formula is C30H18N2S. The van der Waals surface area contributed by atoms with E-state index in [0.29, 0.717) is 5.69 Å². The van der Waals surface area contributed by atoms with Gasteiger partial charge in [0.25, 0.3) is 0 Å². The van der Waals surface area contributed by atoms with Crippen LogP contribution in [0.2, 0.25) is 0 Å². The first-order chi connectivity index (χ1) is 16.3. The van der Waals surface area contributed by atoms with Crippen molar-refractivity contribution in [2.24, 2.45) is 0 Å². The molecule has 2 heterocycles. The summed E-state index contributed by atoms with van der Waals surface area (Å²) < 4.78 is 2.55. The Balaban J connectivity index is 1.51. The van der Waals surface area contributed by atoms with Gasteiger partial charge in [-0.25, -0.2) is 4.85 Å². The van der Waals surface area contributed by atoms with Crippen LogP contribution >= 0.6 is 11.3 Å². The van der Waals surface area contributed by atoms with Crippen LogP contribution in [0, 0.1) is 6.57 Å². The first-order valence-corrected chi connectivity index (χ1v) is 11.6. The Morgan fingerprint density at radius 1 is 0.606 bits per heavy atom. The highest BCUT2D eigenvalue weighted by molar-refractivity contribution is 7.26. The van der Waals surface area contributed by atoms with Crippen LogP contribution < -0.4 is 0 Å². The van der Waals surface area contributed by atoms with Gasteiger partial charge >= 0.3 is 0 Å². The van der Waals surface area contributed by atoms with Gasteiger partial charge in [-0.3, -0.25) is 4.98 Å². The summed E-state index contributed by atoms with van der Waals surface area (Å²) in [6.45, 7) is 7.37. The third-order valence-electron chi connectivity index (χ3n) is 6.00. The largest absolute Gasteiger partial charge is 0.264 e. The van der Waals surface area contributed by atoms with Crippen LogP contribution in [0.1, 0.15) is 0 Å². The zero-order valence-corrected chi connectivity index (χ0v) is 18.5. The van der Waals surface area contributed by atoms with Crippen molar-refractivity contribution in [1.82, 2.24) is 4.98 Å². The molecule has 0 N–H and O–H groups in total. The van der Waals surface area contributed by atoms with Gasteiger partial charge < -0.3 is 0 Å². The lowest BCUT2D eigenvalue weighted by Crippen LogP contribution is -1.81. The lowest BCUT2D eigenvalue weighted by molar-refractivity contribution is 1.33. The van der Waals surface area contributed by atoms with Gasteiger partial charge in [-0.1, -0.05) is 84.9 Å². The molecule has 0 spiro atoms. The van der Waals surface area contributed by atoms with Gasteiger partial charge in [-0.2, -0.15) is 0 Å². The van der Waals surface area contributed by atoms with E-state index in [1.807, 2.05) is 41.8 Å². The number of hydrogen-bond donors (Lipinski definition) is 0. The molecule has 0 aliphatic heterocycles. The molecule has 0 atom stereocenters. The molecule has 0 bridgehead atoms. The summed E-state index contributed by atoms with van der Waals surface area (Å²) in [6.07, 6.45) is 3.69. The summed E-state index contributed by atoms with van der Waals surface area (Å²) >= 11 is 1.83. The molecule has 0 saturated heterocycles. The van der Waals surface area contributed by atoms with Gasteiger partial charge in [0.15, 0.2) is 5.69 Å². The van der Waals surface area contributed by atoms with Crippen molar-refractivity contribution < 1.29 is 0 Å². The lowest BCUT2D eigenvalue weighted by atomic mass is 9.98. The fourth-order valence-corrected chi connectivity index (χ4v) is 5.77. The minimum absolute atomic E-state index is 0.667. The molecule has 0 unspecified atom stereocenters. The number of hydrogen-bond acceptors (Lipinski definition) is 2. The summed E-state index contributed by atoms with van der Waals surface area (Å²) in [5.41, 5.74) is 7.66. The number of nitrogens with zero attached hydrogens (tertiary/aromatic N) is 2. The zero-order valence-electron chi connectivity index (χ0n) is 17.7. The molecule has 0 amide bonds. The van der Waals surface area contributed by atoms with Crippen molar-refractivity contribution in [3.63, 3.8) is 0 Å². The number of benzene rings is 4. The topological polar surface area (TPSA) is 17.2 Å². The maximum atomic E-state index is 7.37. The van der Waals surface area contributed by atoms with Crippen molar-refractivity contribution in [2.45, 2.75) is 0 Å². The summed E-state index contributed by atoms with van der Waals surface area (Å²) in [4.78, 5) is 7.85. The van der Waals surface area contributed by atoms with Gasteiger partial charge in [0.05, 0.1) is 6.57 Å². The highest BCUT2D eigenvalue weighted by Gasteiger charge is 2.14. The molecule has 2 aromatic heterocycles. The quantitative estimate of drug-likeness (QED) is 0.252. The fraction of sp³-hybridized carbons (Fsp3) is 0. The van der Waals surface area contributed by atoms with Crippen LogP contribution in [0.4, 0.5) is 5.69 Å². The number of pyridine rings is 1. The predicted molar refractivity (Wildman–Crippen MR) is 140 cm³/mol. The minimum Gasteiger partial charge on any atom is -0.264 e. The molecule has 4 aromatic carbocycles. The van der Waals surface area contributed by atoms with E-state index in [2.05, 4.69) is 82.6 Å². The number of aromatic nitrogens is 1.